The van der Waals surface area contributed by atoms with Crippen LogP contribution in [-0.4, -0.2) is 38.9 Å². The van der Waals surface area contributed by atoms with Gasteiger partial charge in [-0.15, -0.1) is 0 Å². The molecule has 6 nitrogen and oxygen atoms in total. The second-order valence-corrected chi connectivity index (χ2v) is 9.10. The number of sulfonamides is 1. The summed E-state index contributed by atoms with van der Waals surface area (Å²) >= 11 is 0. The molecule has 1 heterocycles. The van der Waals surface area contributed by atoms with E-state index in [0.29, 0.717) is 13.1 Å². The van der Waals surface area contributed by atoms with Gasteiger partial charge in [0.25, 0.3) is 0 Å². The zero-order valence-corrected chi connectivity index (χ0v) is 17.5. The molecule has 3 aromatic rings. The molecule has 1 aliphatic rings. The van der Waals surface area contributed by atoms with E-state index in [9.17, 15) is 13.2 Å². The molecule has 1 fully saturated rings. The number of carbonyl (C=O) groups excluding carboxylic acids is 1. The molecule has 0 bridgehead atoms. The van der Waals surface area contributed by atoms with Gasteiger partial charge in [0, 0.05) is 13.1 Å². The van der Waals surface area contributed by atoms with Gasteiger partial charge in [-0.25, -0.2) is 13.2 Å². The number of hydrogen-bond donors (Lipinski definition) is 0. The number of rotatable bonds is 6. The summed E-state index contributed by atoms with van der Waals surface area (Å²) in [7, 11) is -2.32. The van der Waals surface area contributed by atoms with Crippen LogP contribution >= 0.6 is 0 Å². The normalized spacial score (nSPS) is 14.7. The van der Waals surface area contributed by atoms with E-state index < -0.39 is 16.0 Å². The number of ether oxygens (including phenoxy) is 2. The van der Waals surface area contributed by atoms with E-state index in [1.165, 1.54) is 29.6 Å². The topological polar surface area (TPSA) is 72.9 Å². The quantitative estimate of drug-likeness (QED) is 0.559. The highest BCUT2D eigenvalue weighted by Gasteiger charge is 2.30. The van der Waals surface area contributed by atoms with Crippen molar-refractivity contribution in [3.05, 3.63) is 71.8 Å². The largest absolute Gasteiger partial charge is 0.495 e. The average Bonchev–Trinajstić information content (AvgIpc) is 3.33. The van der Waals surface area contributed by atoms with Gasteiger partial charge >= 0.3 is 5.97 Å². The predicted molar refractivity (Wildman–Crippen MR) is 114 cm³/mol. The zero-order chi connectivity index (χ0) is 21.1. The summed E-state index contributed by atoms with van der Waals surface area (Å²) in [6.07, 6.45) is 1.66. The van der Waals surface area contributed by atoms with Crippen LogP contribution in [0.5, 0.6) is 5.75 Å². The SMILES string of the molecule is COc1ccc(C(=O)OCc2cccc3ccccc23)cc1S(=O)(=O)N1CCCC1. The molecule has 0 aromatic heterocycles. The van der Waals surface area contributed by atoms with Crippen LogP contribution in [0.15, 0.2) is 65.6 Å². The number of nitrogens with zero attached hydrogens (tertiary/aromatic N) is 1. The van der Waals surface area contributed by atoms with Gasteiger partial charge in [0.1, 0.15) is 17.3 Å². The van der Waals surface area contributed by atoms with Crippen molar-refractivity contribution >= 4 is 26.8 Å². The van der Waals surface area contributed by atoms with Crippen LogP contribution < -0.4 is 4.74 Å². The second-order valence-electron chi connectivity index (χ2n) is 7.19. The van der Waals surface area contributed by atoms with Crippen molar-refractivity contribution < 1.29 is 22.7 Å². The Balaban J connectivity index is 1.58. The van der Waals surface area contributed by atoms with Gasteiger partial charge in [-0.05, 0) is 47.4 Å². The molecule has 4 rings (SSSR count). The van der Waals surface area contributed by atoms with E-state index in [2.05, 4.69) is 0 Å². The molecule has 0 unspecified atom stereocenters. The minimum absolute atomic E-state index is 0.00786. The molecule has 0 amide bonds. The van der Waals surface area contributed by atoms with Crippen LogP contribution in [0.2, 0.25) is 0 Å². The number of methoxy groups -OCH3 is 1. The van der Waals surface area contributed by atoms with Crippen LogP contribution in [0.4, 0.5) is 0 Å². The van der Waals surface area contributed by atoms with E-state index in [-0.39, 0.29) is 22.8 Å². The standard InChI is InChI=1S/C23H23NO5S/c1-28-21-12-11-18(15-22(21)30(26,27)24-13-4-5-14-24)23(25)29-16-19-9-6-8-17-7-2-3-10-20(17)19/h2-3,6-12,15H,4-5,13-14,16H2,1H3. The molecule has 0 aliphatic carbocycles. The first-order valence-electron chi connectivity index (χ1n) is 9.82. The lowest BCUT2D eigenvalue weighted by Gasteiger charge is -2.18. The van der Waals surface area contributed by atoms with Crippen molar-refractivity contribution in [2.45, 2.75) is 24.3 Å². The fraction of sp³-hybridized carbons (Fsp3) is 0.261. The van der Waals surface area contributed by atoms with Crippen molar-refractivity contribution in [2.24, 2.45) is 0 Å². The van der Waals surface area contributed by atoms with Crippen molar-refractivity contribution in [1.29, 1.82) is 0 Å². The maximum absolute atomic E-state index is 13.0. The fourth-order valence-corrected chi connectivity index (χ4v) is 5.42. The van der Waals surface area contributed by atoms with E-state index in [4.69, 9.17) is 9.47 Å². The third-order valence-electron chi connectivity index (χ3n) is 5.32. The molecule has 1 aliphatic heterocycles. The summed E-state index contributed by atoms with van der Waals surface area (Å²) in [5, 5.41) is 2.08. The molecule has 156 valence electrons. The Bertz CT molecular complexity index is 1180. The van der Waals surface area contributed by atoms with E-state index >= 15 is 0 Å². The number of benzene rings is 3. The first kappa shape index (κ1) is 20.4. The van der Waals surface area contributed by atoms with Crippen LogP contribution in [0.25, 0.3) is 10.8 Å². The second kappa shape index (κ2) is 8.45. The Morgan fingerprint density at radius 1 is 1.00 bits per heavy atom. The number of fused-ring (bicyclic) bond motifs is 1. The van der Waals surface area contributed by atoms with Gasteiger partial charge < -0.3 is 9.47 Å². The summed E-state index contributed by atoms with van der Waals surface area (Å²) in [6, 6.07) is 18.1. The van der Waals surface area contributed by atoms with Gasteiger partial charge in [-0.3, -0.25) is 0 Å². The predicted octanol–water partition coefficient (Wildman–Crippen LogP) is 3.99. The Labute approximate surface area is 176 Å². The molecule has 1 saturated heterocycles. The van der Waals surface area contributed by atoms with Gasteiger partial charge in [0.05, 0.1) is 12.7 Å². The highest BCUT2D eigenvalue weighted by molar-refractivity contribution is 7.89. The Morgan fingerprint density at radius 2 is 1.73 bits per heavy atom. The molecular weight excluding hydrogens is 402 g/mol. The van der Waals surface area contributed by atoms with Gasteiger partial charge in [-0.1, -0.05) is 42.5 Å². The first-order valence-corrected chi connectivity index (χ1v) is 11.3. The third kappa shape index (κ3) is 3.91. The Hall–Kier alpha value is -2.90. The van der Waals surface area contributed by atoms with Crippen molar-refractivity contribution in [3.63, 3.8) is 0 Å². The van der Waals surface area contributed by atoms with Crippen molar-refractivity contribution in [1.82, 2.24) is 4.31 Å². The molecule has 7 heteroatoms. The minimum Gasteiger partial charge on any atom is -0.495 e. The lowest BCUT2D eigenvalue weighted by Crippen LogP contribution is -2.28. The highest BCUT2D eigenvalue weighted by atomic mass is 32.2. The maximum Gasteiger partial charge on any atom is 0.338 e. The van der Waals surface area contributed by atoms with Crippen molar-refractivity contribution in [2.75, 3.05) is 20.2 Å². The van der Waals surface area contributed by atoms with Crippen molar-refractivity contribution in [3.8, 4) is 5.75 Å². The first-order chi connectivity index (χ1) is 14.5. The molecule has 0 radical (unpaired) electrons. The third-order valence-corrected chi connectivity index (χ3v) is 7.24. The van der Waals surface area contributed by atoms with Gasteiger partial charge in [0.2, 0.25) is 10.0 Å². The molecule has 0 spiro atoms. The van der Waals surface area contributed by atoms with Gasteiger partial charge in [-0.2, -0.15) is 4.31 Å². The Kier molecular flexibility index (Phi) is 5.74. The van der Waals surface area contributed by atoms with Gasteiger partial charge in [0.15, 0.2) is 0 Å². The highest BCUT2D eigenvalue weighted by Crippen LogP contribution is 2.30. The lowest BCUT2D eigenvalue weighted by atomic mass is 10.1. The molecule has 0 saturated carbocycles. The van der Waals surface area contributed by atoms with E-state index in [1.54, 1.807) is 0 Å². The van der Waals surface area contributed by atoms with Crippen LogP contribution in [0, 0.1) is 0 Å². The summed E-state index contributed by atoms with van der Waals surface area (Å²) in [5.41, 5.74) is 1.06. The number of esters is 1. The van der Waals surface area contributed by atoms with Crippen LogP contribution in [-0.2, 0) is 21.4 Å². The van der Waals surface area contributed by atoms with E-state index in [0.717, 1.165) is 29.2 Å². The number of carbonyl (C=O) groups is 1. The molecular formula is C23H23NO5S. The van der Waals surface area contributed by atoms with E-state index in [1.807, 2.05) is 42.5 Å². The molecule has 30 heavy (non-hydrogen) atoms. The smallest absolute Gasteiger partial charge is 0.338 e. The fourth-order valence-electron chi connectivity index (χ4n) is 3.72. The molecule has 0 atom stereocenters. The molecule has 0 N–H and O–H groups in total. The summed E-state index contributed by atoms with van der Waals surface area (Å²) in [6.45, 7) is 1.04. The van der Waals surface area contributed by atoms with Crippen LogP contribution in [0.3, 0.4) is 0 Å². The molecule has 3 aromatic carbocycles. The summed E-state index contributed by atoms with van der Waals surface area (Å²) in [5.74, 6) is -0.365. The van der Waals surface area contributed by atoms with Crippen LogP contribution in [0.1, 0.15) is 28.8 Å². The monoisotopic (exact) mass is 425 g/mol. The Morgan fingerprint density at radius 3 is 2.50 bits per heavy atom. The number of hydrogen-bond acceptors (Lipinski definition) is 5. The zero-order valence-electron chi connectivity index (χ0n) is 16.7. The minimum atomic E-state index is -3.73. The average molecular weight is 426 g/mol. The maximum atomic E-state index is 13.0. The summed E-state index contributed by atoms with van der Waals surface area (Å²) < 4.78 is 38.2. The summed E-state index contributed by atoms with van der Waals surface area (Å²) in [4.78, 5) is 12.7. The lowest BCUT2D eigenvalue weighted by molar-refractivity contribution is 0.0474.